The molecule has 2 saturated carbocycles. The summed E-state index contributed by atoms with van der Waals surface area (Å²) in [6, 6.07) is 16.0. The molecule has 0 saturated heterocycles. The van der Waals surface area contributed by atoms with Crippen LogP contribution in [0.2, 0.25) is 0 Å². The van der Waals surface area contributed by atoms with Crippen LogP contribution >= 0.6 is 0 Å². The average molecular weight is 537 g/mol. The maximum atomic E-state index is 12.8. The third-order valence-corrected chi connectivity index (χ3v) is 8.86. The highest BCUT2D eigenvalue weighted by Gasteiger charge is 2.38. The summed E-state index contributed by atoms with van der Waals surface area (Å²) in [5.74, 6) is 3.19. The second kappa shape index (κ2) is 12.4. The molecule has 0 spiro atoms. The van der Waals surface area contributed by atoms with Crippen LogP contribution in [0.15, 0.2) is 48.5 Å². The number of hydrogen-bond acceptors (Lipinski definition) is 5. The highest BCUT2D eigenvalue weighted by atomic mass is 16.6. The van der Waals surface area contributed by atoms with Crippen molar-refractivity contribution in [3.05, 3.63) is 59.7 Å². The van der Waals surface area contributed by atoms with Crippen molar-refractivity contribution in [3.63, 3.8) is 0 Å². The van der Waals surface area contributed by atoms with E-state index in [0.717, 1.165) is 24.2 Å². The van der Waals surface area contributed by atoms with Crippen molar-refractivity contribution < 1.29 is 24.1 Å². The molecular formula is C34H48O5. The Morgan fingerprint density at radius 2 is 1.46 bits per heavy atom. The third-order valence-electron chi connectivity index (χ3n) is 8.86. The minimum atomic E-state index is -0.620. The van der Waals surface area contributed by atoms with Crippen LogP contribution in [0.25, 0.3) is 0 Å². The molecular weight excluding hydrogens is 488 g/mol. The van der Waals surface area contributed by atoms with E-state index in [-0.39, 0.29) is 17.0 Å². The average Bonchev–Trinajstić information content (AvgIpc) is 3.30. The van der Waals surface area contributed by atoms with Gasteiger partial charge in [-0.25, -0.2) is 4.79 Å². The summed E-state index contributed by atoms with van der Waals surface area (Å²) in [6.07, 6.45) is 6.46. The molecule has 0 heterocycles. The van der Waals surface area contributed by atoms with Crippen LogP contribution in [0.3, 0.4) is 0 Å². The van der Waals surface area contributed by atoms with Gasteiger partial charge < -0.3 is 19.3 Å². The van der Waals surface area contributed by atoms with E-state index in [1.165, 1.54) is 31.2 Å². The monoisotopic (exact) mass is 536 g/mol. The Balaban J connectivity index is 1.29. The largest absolute Gasteiger partial charge is 0.488 e. The first-order valence-corrected chi connectivity index (χ1v) is 14.8. The molecule has 5 heteroatoms. The lowest BCUT2D eigenvalue weighted by Gasteiger charge is -2.30. The highest BCUT2D eigenvalue weighted by molar-refractivity contribution is 5.76. The number of carbonyl (C=O) groups is 1. The molecule has 2 fully saturated rings. The predicted molar refractivity (Wildman–Crippen MR) is 155 cm³/mol. The topological polar surface area (TPSA) is 65.0 Å². The van der Waals surface area contributed by atoms with Gasteiger partial charge in [-0.3, -0.25) is 0 Å². The van der Waals surface area contributed by atoms with Gasteiger partial charge in [-0.05, 0) is 112 Å². The molecule has 0 aliphatic heterocycles. The standard InChI is InChI=1S/C34H48O5/c1-23(37-22-24-8-7-9-25-10-11-26(20-24)31(25)21-35)32(36)38-29-16-12-27(13-17-29)34(5,6)28-14-18-30(19-15-28)39-33(2,3)4/h12-19,23-26,31,35H,7-11,20-22H2,1-6H3/t23?,24?,25?,26?,31-/m1/s1. The molecule has 4 unspecified atom stereocenters. The minimum absolute atomic E-state index is 0.217. The Morgan fingerprint density at radius 1 is 0.872 bits per heavy atom. The van der Waals surface area contributed by atoms with Crippen molar-refractivity contribution in [1.29, 1.82) is 0 Å². The summed E-state index contributed by atoms with van der Waals surface area (Å²) in [4.78, 5) is 12.8. The molecule has 5 nitrogen and oxygen atoms in total. The summed E-state index contributed by atoms with van der Waals surface area (Å²) in [6.45, 7) is 13.2. The Morgan fingerprint density at radius 3 is 2.05 bits per heavy atom. The summed E-state index contributed by atoms with van der Waals surface area (Å²) < 4.78 is 17.6. The third kappa shape index (κ3) is 7.64. The van der Waals surface area contributed by atoms with E-state index in [1.807, 2.05) is 57.2 Å². The van der Waals surface area contributed by atoms with Gasteiger partial charge in [-0.1, -0.05) is 51.0 Å². The number of fused-ring (bicyclic) bond motifs is 2. The molecule has 2 aromatic rings. The first kappa shape index (κ1) is 29.6. The molecule has 0 radical (unpaired) electrons. The van der Waals surface area contributed by atoms with Gasteiger partial charge in [0.05, 0.1) is 6.61 Å². The van der Waals surface area contributed by atoms with E-state index in [4.69, 9.17) is 14.2 Å². The number of aliphatic hydroxyl groups is 1. The number of hydrogen-bond donors (Lipinski definition) is 1. The molecule has 0 aromatic heterocycles. The lowest BCUT2D eigenvalue weighted by Crippen LogP contribution is -2.30. The van der Waals surface area contributed by atoms with Gasteiger partial charge in [0.1, 0.15) is 17.1 Å². The molecule has 39 heavy (non-hydrogen) atoms. The highest BCUT2D eigenvalue weighted by Crippen LogP contribution is 2.45. The lowest BCUT2D eigenvalue weighted by molar-refractivity contribution is -0.147. The number of aliphatic hydroxyl groups excluding tert-OH is 1. The number of carbonyl (C=O) groups excluding carboxylic acids is 1. The summed E-state index contributed by atoms with van der Waals surface area (Å²) in [5.41, 5.74) is 1.87. The van der Waals surface area contributed by atoms with Gasteiger partial charge in [-0.15, -0.1) is 0 Å². The fourth-order valence-corrected chi connectivity index (χ4v) is 6.50. The van der Waals surface area contributed by atoms with E-state index in [9.17, 15) is 9.90 Å². The van der Waals surface area contributed by atoms with E-state index < -0.39 is 6.10 Å². The van der Waals surface area contributed by atoms with Gasteiger partial charge in [0.15, 0.2) is 6.10 Å². The molecule has 0 amide bonds. The zero-order valence-electron chi connectivity index (χ0n) is 24.7. The van der Waals surface area contributed by atoms with Crippen molar-refractivity contribution in [3.8, 4) is 11.5 Å². The van der Waals surface area contributed by atoms with Crippen molar-refractivity contribution >= 4 is 5.97 Å². The maximum Gasteiger partial charge on any atom is 0.340 e. The van der Waals surface area contributed by atoms with E-state index in [0.29, 0.717) is 42.6 Å². The molecule has 4 rings (SSSR count). The molecule has 2 bridgehead atoms. The fourth-order valence-electron chi connectivity index (χ4n) is 6.50. The lowest BCUT2D eigenvalue weighted by atomic mass is 9.78. The normalized spacial score (nSPS) is 24.5. The second-order valence-corrected chi connectivity index (χ2v) is 13.3. The van der Waals surface area contributed by atoms with Crippen molar-refractivity contribution in [2.45, 2.75) is 97.2 Å². The first-order chi connectivity index (χ1) is 18.5. The van der Waals surface area contributed by atoms with Crippen LogP contribution in [0, 0.1) is 23.7 Å². The van der Waals surface area contributed by atoms with E-state index in [1.54, 1.807) is 6.92 Å². The SMILES string of the molecule is CC(OCC1CCCC2CCC(C1)[C@@H]2CO)C(=O)Oc1ccc(C(C)(C)c2ccc(OC(C)(C)C)cc2)cc1. The van der Waals surface area contributed by atoms with Crippen LogP contribution in [0.5, 0.6) is 11.5 Å². The van der Waals surface area contributed by atoms with Gasteiger partial charge in [0, 0.05) is 12.0 Å². The summed E-state index contributed by atoms with van der Waals surface area (Å²) in [7, 11) is 0. The molecule has 2 aliphatic rings. The minimum Gasteiger partial charge on any atom is -0.488 e. The molecule has 214 valence electrons. The number of rotatable bonds is 9. The van der Waals surface area contributed by atoms with Crippen LogP contribution in [-0.2, 0) is 14.9 Å². The Kier molecular flexibility index (Phi) is 9.44. The van der Waals surface area contributed by atoms with E-state index in [2.05, 4.69) is 26.0 Å². The van der Waals surface area contributed by atoms with Gasteiger partial charge in [-0.2, -0.15) is 0 Å². The van der Waals surface area contributed by atoms with Gasteiger partial charge in [0.25, 0.3) is 0 Å². The fraction of sp³-hybridized carbons (Fsp3) is 0.618. The zero-order valence-corrected chi connectivity index (χ0v) is 24.7. The van der Waals surface area contributed by atoms with Crippen molar-refractivity contribution in [1.82, 2.24) is 0 Å². The van der Waals surface area contributed by atoms with Gasteiger partial charge >= 0.3 is 5.97 Å². The zero-order chi connectivity index (χ0) is 28.2. The van der Waals surface area contributed by atoms with Crippen LogP contribution in [-0.4, -0.2) is 36.0 Å². The Hall–Kier alpha value is -2.37. The van der Waals surface area contributed by atoms with Crippen LogP contribution in [0.4, 0.5) is 0 Å². The summed E-state index contributed by atoms with van der Waals surface area (Å²) in [5, 5.41) is 9.87. The van der Waals surface area contributed by atoms with Crippen LogP contribution in [0.1, 0.15) is 91.2 Å². The smallest absolute Gasteiger partial charge is 0.340 e. The Bertz CT molecular complexity index is 1070. The predicted octanol–water partition coefficient (Wildman–Crippen LogP) is 7.33. The summed E-state index contributed by atoms with van der Waals surface area (Å²) >= 11 is 0. The van der Waals surface area contributed by atoms with Crippen molar-refractivity contribution in [2.75, 3.05) is 13.2 Å². The molecule has 2 aromatic carbocycles. The van der Waals surface area contributed by atoms with E-state index >= 15 is 0 Å². The number of benzene rings is 2. The van der Waals surface area contributed by atoms with Crippen LogP contribution < -0.4 is 9.47 Å². The van der Waals surface area contributed by atoms with Gasteiger partial charge in [0.2, 0.25) is 0 Å². The molecule has 5 atom stereocenters. The maximum absolute atomic E-state index is 12.8. The quantitative estimate of drug-likeness (QED) is 0.269. The van der Waals surface area contributed by atoms with Crippen molar-refractivity contribution in [2.24, 2.45) is 23.7 Å². The Labute approximate surface area is 235 Å². The molecule has 1 N–H and O–H groups in total. The number of ether oxygens (including phenoxy) is 3. The molecule has 2 aliphatic carbocycles. The second-order valence-electron chi connectivity index (χ2n) is 13.3. The number of esters is 1. The first-order valence-electron chi connectivity index (χ1n) is 14.8.